The lowest BCUT2D eigenvalue weighted by Gasteiger charge is -2.08. The number of anilines is 1. The van der Waals surface area contributed by atoms with E-state index in [-0.39, 0.29) is 12.0 Å². The van der Waals surface area contributed by atoms with Crippen molar-refractivity contribution >= 4 is 5.95 Å². The van der Waals surface area contributed by atoms with Gasteiger partial charge in [-0.15, -0.1) is 4.98 Å². The van der Waals surface area contributed by atoms with Gasteiger partial charge in [0.25, 0.3) is 0 Å². The van der Waals surface area contributed by atoms with E-state index in [0.717, 1.165) is 13.0 Å². The molecule has 0 amide bonds. The van der Waals surface area contributed by atoms with Crippen LogP contribution in [0.25, 0.3) is 0 Å². The first-order valence-electron chi connectivity index (χ1n) is 7.08. The first kappa shape index (κ1) is 15.0. The molecule has 0 bridgehead atoms. The third kappa shape index (κ3) is 4.30. The van der Waals surface area contributed by atoms with E-state index in [1.165, 1.54) is 0 Å². The number of nitrogens with one attached hydrogen (secondary N) is 1. The second-order valence-corrected chi connectivity index (χ2v) is 4.24. The molecule has 0 saturated carbocycles. The Morgan fingerprint density at radius 3 is 2.62 bits per heavy atom. The van der Waals surface area contributed by atoms with Gasteiger partial charge in [0.1, 0.15) is 0 Å². The summed E-state index contributed by atoms with van der Waals surface area (Å²) in [5, 5.41) is 7.16. The summed E-state index contributed by atoms with van der Waals surface area (Å²) in [6, 6.07) is 0.434. The van der Waals surface area contributed by atoms with E-state index < -0.39 is 0 Å². The second kappa shape index (κ2) is 7.41. The average Bonchev–Trinajstić information content (AvgIpc) is 2.93. The van der Waals surface area contributed by atoms with Crippen molar-refractivity contribution in [3.8, 4) is 17.8 Å². The van der Waals surface area contributed by atoms with Gasteiger partial charge in [-0.1, -0.05) is 6.92 Å². The molecule has 0 spiro atoms. The van der Waals surface area contributed by atoms with Crippen LogP contribution in [-0.2, 0) is 6.54 Å². The number of aryl methyl sites for hydroxylation is 1. The maximum absolute atomic E-state index is 5.60. The first-order chi connectivity index (χ1) is 10.2. The highest BCUT2D eigenvalue weighted by atomic mass is 16.5. The lowest BCUT2D eigenvalue weighted by molar-refractivity contribution is 0.285. The quantitative estimate of drug-likeness (QED) is 0.797. The van der Waals surface area contributed by atoms with Crippen LogP contribution in [0.15, 0.2) is 12.4 Å². The topological polar surface area (TPSA) is 87.0 Å². The lowest BCUT2D eigenvalue weighted by Crippen LogP contribution is -2.08. The molecule has 0 aliphatic carbocycles. The molecule has 0 aromatic carbocycles. The zero-order valence-electron chi connectivity index (χ0n) is 12.5. The fraction of sp³-hybridized carbons (Fsp3) is 0.538. The van der Waals surface area contributed by atoms with Gasteiger partial charge in [-0.25, -0.2) is 0 Å². The van der Waals surface area contributed by atoms with Gasteiger partial charge in [0, 0.05) is 13.1 Å². The zero-order chi connectivity index (χ0) is 15.1. The van der Waals surface area contributed by atoms with Crippen molar-refractivity contribution in [2.45, 2.75) is 33.7 Å². The van der Waals surface area contributed by atoms with Gasteiger partial charge in [0.05, 0.1) is 19.0 Å². The third-order valence-corrected chi connectivity index (χ3v) is 2.51. The van der Waals surface area contributed by atoms with E-state index >= 15 is 0 Å². The van der Waals surface area contributed by atoms with Crippen molar-refractivity contribution in [2.75, 3.05) is 18.5 Å². The van der Waals surface area contributed by atoms with Gasteiger partial charge in [-0.3, -0.25) is 4.68 Å². The minimum Gasteiger partial charge on any atom is -0.463 e. The van der Waals surface area contributed by atoms with Gasteiger partial charge in [-0.05, 0) is 20.3 Å². The first-order valence-corrected chi connectivity index (χ1v) is 7.08. The molecule has 0 saturated heterocycles. The van der Waals surface area contributed by atoms with E-state index in [9.17, 15) is 0 Å². The Balaban J connectivity index is 2.17. The molecule has 0 radical (unpaired) electrons. The molecular weight excluding hydrogens is 272 g/mol. The molecule has 1 N–H and O–H groups in total. The molecule has 0 aliphatic rings. The maximum Gasteiger partial charge on any atom is 0.330 e. The molecule has 2 aromatic rings. The van der Waals surface area contributed by atoms with Gasteiger partial charge in [0.15, 0.2) is 5.75 Å². The number of hydrogen-bond donors (Lipinski definition) is 1. The Labute approximate surface area is 123 Å². The zero-order valence-corrected chi connectivity index (χ0v) is 12.5. The Hall–Kier alpha value is -2.38. The van der Waals surface area contributed by atoms with Crippen LogP contribution in [0, 0.1) is 0 Å². The Kier molecular flexibility index (Phi) is 5.30. The molecule has 8 heteroatoms. The van der Waals surface area contributed by atoms with Crippen molar-refractivity contribution < 1.29 is 9.47 Å². The molecule has 0 unspecified atom stereocenters. The van der Waals surface area contributed by atoms with Crippen LogP contribution in [0.4, 0.5) is 5.95 Å². The van der Waals surface area contributed by atoms with Crippen LogP contribution < -0.4 is 14.8 Å². The predicted molar refractivity (Wildman–Crippen MR) is 77.8 cm³/mol. The predicted octanol–water partition coefficient (Wildman–Crippen LogP) is 2.10. The molecule has 114 valence electrons. The second-order valence-electron chi connectivity index (χ2n) is 4.24. The molecule has 2 aromatic heterocycles. The van der Waals surface area contributed by atoms with E-state index in [4.69, 9.17) is 9.47 Å². The van der Waals surface area contributed by atoms with Crippen molar-refractivity contribution in [1.82, 2.24) is 24.7 Å². The van der Waals surface area contributed by atoms with Crippen LogP contribution in [-0.4, -0.2) is 37.9 Å². The molecule has 8 nitrogen and oxygen atoms in total. The summed E-state index contributed by atoms with van der Waals surface area (Å²) in [7, 11) is 0. The summed E-state index contributed by atoms with van der Waals surface area (Å²) in [6.07, 6.45) is 4.28. The van der Waals surface area contributed by atoms with Crippen molar-refractivity contribution in [3.05, 3.63) is 12.4 Å². The highest BCUT2D eigenvalue weighted by Gasteiger charge is 2.10. The van der Waals surface area contributed by atoms with E-state index in [2.05, 4.69) is 25.4 Å². The largest absolute Gasteiger partial charge is 0.463 e. The van der Waals surface area contributed by atoms with Crippen LogP contribution in [0.5, 0.6) is 17.8 Å². The third-order valence-electron chi connectivity index (χ3n) is 2.51. The average molecular weight is 292 g/mol. The van der Waals surface area contributed by atoms with Gasteiger partial charge >= 0.3 is 12.0 Å². The summed E-state index contributed by atoms with van der Waals surface area (Å²) in [6.45, 7) is 7.99. The number of ether oxygens (including phenoxy) is 2. The summed E-state index contributed by atoms with van der Waals surface area (Å²) in [5.41, 5.74) is 0. The molecule has 2 heterocycles. The molecular formula is C13H20N6O2. The molecule has 2 rings (SSSR count). The molecule has 21 heavy (non-hydrogen) atoms. The van der Waals surface area contributed by atoms with E-state index in [0.29, 0.717) is 24.8 Å². The smallest absolute Gasteiger partial charge is 0.330 e. The van der Waals surface area contributed by atoms with Gasteiger partial charge < -0.3 is 14.8 Å². The van der Waals surface area contributed by atoms with Gasteiger partial charge in [-0.2, -0.15) is 15.1 Å². The highest BCUT2D eigenvalue weighted by Crippen LogP contribution is 2.20. The fourth-order valence-corrected chi connectivity index (χ4v) is 1.55. The Bertz CT molecular complexity index is 572. The van der Waals surface area contributed by atoms with Crippen molar-refractivity contribution in [3.63, 3.8) is 0 Å². The monoisotopic (exact) mass is 292 g/mol. The van der Waals surface area contributed by atoms with Gasteiger partial charge in [0.2, 0.25) is 5.95 Å². The maximum atomic E-state index is 5.60. The fourth-order valence-electron chi connectivity index (χ4n) is 1.55. The summed E-state index contributed by atoms with van der Waals surface area (Å²) < 4.78 is 12.8. The van der Waals surface area contributed by atoms with Crippen molar-refractivity contribution in [2.24, 2.45) is 0 Å². The van der Waals surface area contributed by atoms with Crippen molar-refractivity contribution in [1.29, 1.82) is 0 Å². The Morgan fingerprint density at radius 2 is 1.95 bits per heavy atom. The molecule has 0 atom stereocenters. The Morgan fingerprint density at radius 1 is 1.14 bits per heavy atom. The molecule has 0 aliphatic heterocycles. The molecule has 0 fully saturated rings. The SMILES string of the molecule is CCCOc1nc(NCC)nc(Oc2cnn(CC)c2)n1. The minimum absolute atomic E-state index is 0.183. The van der Waals surface area contributed by atoms with E-state index in [1.807, 2.05) is 20.8 Å². The number of hydrogen-bond acceptors (Lipinski definition) is 7. The number of rotatable bonds is 8. The van der Waals surface area contributed by atoms with E-state index in [1.54, 1.807) is 17.1 Å². The highest BCUT2D eigenvalue weighted by molar-refractivity contribution is 5.28. The summed E-state index contributed by atoms with van der Waals surface area (Å²) >= 11 is 0. The lowest BCUT2D eigenvalue weighted by atomic mass is 10.5. The standard InChI is InChI=1S/C13H20N6O2/c1-4-7-20-12-16-11(14-5-2)17-13(18-12)21-10-8-15-19(6-3)9-10/h8-9H,4-7H2,1-3H3,(H,14,16,17,18). The summed E-state index contributed by atoms with van der Waals surface area (Å²) in [5.74, 6) is 1.00. The summed E-state index contributed by atoms with van der Waals surface area (Å²) in [4.78, 5) is 12.5. The number of nitrogens with zero attached hydrogens (tertiary/aromatic N) is 5. The van der Waals surface area contributed by atoms with Crippen LogP contribution in [0.1, 0.15) is 27.2 Å². The van der Waals surface area contributed by atoms with Crippen LogP contribution >= 0.6 is 0 Å². The number of aromatic nitrogens is 5. The van der Waals surface area contributed by atoms with Crippen LogP contribution in [0.3, 0.4) is 0 Å². The normalized spacial score (nSPS) is 10.4. The minimum atomic E-state index is 0.183. The van der Waals surface area contributed by atoms with Crippen LogP contribution in [0.2, 0.25) is 0 Å².